The van der Waals surface area contributed by atoms with Crippen LogP contribution in [0, 0.1) is 34.5 Å². The van der Waals surface area contributed by atoms with Crippen LogP contribution in [0.4, 0.5) is 0 Å². The lowest BCUT2D eigenvalue weighted by atomic mass is 9.43. The van der Waals surface area contributed by atoms with E-state index in [9.17, 15) is 10.2 Å². The third kappa shape index (κ3) is 3.34. The van der Waals surface area contributed by atoms with Gasteiger partial charge in [-0.05, 0) is 100 Å². The number of nitrogens with one attached hydrogen (secondary N) is 3. The van der Waals surface area contributed by atoms with Crippen LogP contribution in [0.15, 0.2) is 4.99 Å². The smallest absolute Gasteiger partial charge is 0.205 e. The van der Waals surface area contributed by atoms with Crippen LogP contribution in [-0.4, -0.2) is 47.0 Å². The first kappa shape index (κ1) is 22.0. The topological polar surface area (TPSA) is 88.9 Å². The Morgan fingerprint density at radius 2 is 1.90 bits per heavy atom. The predicted octanol–water partition coefficient (Wildman–Crippen LogP) is 2.95. The molecule has 3 unspecified atom stereocenters. The molecule has 4 aliphatic carbocycles. The Hall–Kier alpha value is -0.850. The van der Waals surface area contributed by atoms with E-state index in [4.69, 9.17) is 0 Å². The van der Waals surface area contributed by atoms with Crippen molar-refractivity contribution in [1.29, 1.82) is 0 Å². The van der Waals surface area contributed by atoms with Gasteiger partial charge in [0.25, 0.3) is 0 Å². The molecule has 6 nitrogen and oxygen atoms in total. The summed E-state index contributed by atoms with van der Waals surface area (Å²) < 4.78 is 0. The number of aliphatic imine (C=N–C) groups is 1. The fourth-order valence-corrected chi connectivity index (χ4v) is 8.94. The number of hydrogen-bond acceptors (Lipinski definition) is 6. The molecule has 31 heavy (non-hydrogen) atoms. The Balaban J connectivity index is 1.32. The van der Waals surface area contributed by atoms with Crippen LogP contribution in [0.1, 0.15) is 85.0 Å². The van der Waals surface area contributed by atoms with Crippen LogP contribution < -0.4 is 16.2 Å². The molecule has 1 heterocycles. The molecule has 1 aliphatic heterocycles. The highest BCUT2D eigenvalue weighted by Crippen LogP contribution is 2.69. The zero-order valence-electron chi connectivity index (χ0n) is 19.8. The molecule has 5 aliphatic rings. The van der Waals surface area contributed by atoms with Crippen molar-refractivity contribution < 1.29 is 10.2 Å². The van der Waals surface area contributed by atoms with E-state index in [1.807, 2.05) is 0 Å². The highest BCUT2D eigenvalue weighted by Gasteiger charge is 2.67. The zero-order valence-corrected chi connectivity index (χ0v) is 19.8. The number of rotatable bonds is 3. The van der Waals surface area contributed by atoms with E-state index >= 15 is 0 Å². The Labute approximate surface area is 188 Å². The maximum absolute atomic E-state index is 12.3. The van der Waals surface area contributed by atoms with Gasteiger partial charge in [0, 0.05) is 24.5 Å². The van der Waals surface area contributed by atoms with E-state index < -0.39 is 5.60 Å². The number of guanidine groups is 1. The SMILES string of the molecule is CC(NNC1=NCCCN1)[C@H]1CC[C@@]2(O)[C@@H]3CCC4CC(O)CC[C@]4(C)[C@H]3CC[C@]12C. The second kappa shape index (κ2) is 7.88. The number of hydrazine groups is 1. The number of hydrogen-bond donors (Lipinski definition) is 5. The summed E-state index contributed by atoms with van der Waals surface area (Å²) >= 11 is 0. The highest BCUT2D eigenvalue weighted by atomic mass is 16.3. The van der Waals surface area contributed by atoms with Gasteiger partial charge in [-0.15, -0.1) is 0 Å². The number of aliphatic hydroxyl groups is 2. The van der Waals surface area contributed by atoms with Crippen molar-refractivity contribution in [2.24, 2.45) is 39.5 Å². The molecule has 0 spiro atoms. The van der Waals surface area contributed by atoms with Gasteiger partial charge in [-0.2, -0.15) is 0 Å². The first-order valence-corrected chi connectivity index (χ1v) is 13.0. The van der Waals surface area contributed by atoms with Crippen molar-refractivity contribution in [1.82, 2.24) is 16.2 Å². The molecule has 0 saturated heterocycles. The molecule has 4 saturated carbocycles. The molecular formula is C25H44N4O2. The summed E-state index contributed by atoms with van der Waals surface area (Å²) in [4.78, 5) is 4.51. The number of fused-ring (bicyclic) bond motifs is 5. The minimum Gasteiger partial charge on any atom is -0.393 e. The quantitative estimate of drug-likeness (QED) is 0.443. The fraction of sp³-hybridized carbons (Fsp3) is 0.960. The monoisotopic (exact) mass is 432 g/mol. The van der Waals surface area contributed by atoms with E-state index in [0.717, 1.165) is 70.4 Å². The second-order valence-electron chi connectivity index (χ2n) is 12.0. The molecule has 0 aromatic heterocycles. The van der Waals surface area contributed by atoms with Crippen molar-refractivity contribution in [2.75, 3.05) is 13.1 Å². The Morgan fingerprint density at radius 1 is 1.06 bits per heavy atom. The van der Waals surface area contributed by atoms with E-state index in [2.05, 4.69) is 41.9 Å². The summed E-state index contributed by atoms with van der Waals surface area (Å²) in [7, 11) is 0. The minimum absolute atomic E-state index is 0.0402. The Bertz CT molecular complexity index is 716. The van der Waals surface area contributed by atoms with Gasteiger partial charge >= 0.3 is 0 Å². The molecule has 0 bridgehead atoms. The Kier molecular flexibility index (Phi) is 5.58. The highest BCUT2D eigenvalue weighted by molar-refractivity contribution is 5.79. The lowest BCUT2D eigenvalue weighted by Gasteiger charge is -2.64. The predicted molar refractivity (Wildman–Crippen MR) is 123 cm³/mol. The minimum atomic E-state index is -0.554. The summed E-state index contributed by atoms with van der Waals surface area (Å²) in [6, 6.07) is 0.277. The molecule has 5 rings (SSSR count). The first-order valence-electron chi connectivity index (χ1n) is 13.0. The molecule has 4 fully saturated rings. The molecule has 9 atom stereocenters. The van der Waals surface area contributed by atoms with E-state index in [0.29, 0.717) is 29.1 Å². The Morgan fingerprint density at radius 3 is 2.68 bits per heavy atom. The average Bonchev–Trinajstić information content (AvgIpc) is 3.05. The lowest BCUT2D eigenvalue weighted by Crippen LogP contribution is -2.63. The molecule has 176 valence electrons. The van der Waals surface area contributed by atoms with Gasteiger partial charge < -0.3 is 15.5 Å². The van der Waals surface area contributed by atoms with Gasteiger partial charge in [-0.3, -0.25) is 10.4 Å². The maximum Gasteiger partial charge on any atom is 0.205 e. The van der Waals surface area contributed by atoms with Gasteiger partial charge in [0.2, 0.25) is 5.96 Å². The van der Waals surface area contributed by atoms with Gasteiger partial charge in [-0.1, -0.05) is 13.8 Å². The van der Waals surface area contributed by atoms with Crippen LogP contribution in [0.25, 0.3) is 0 Å². The molecule has 0 amide bonds. The third-order valence-corrected chi connectivity index (χ3v) is 10.8. The number of aliphatic hydroxyl groups excluding tert-OH is 1. The average molecular weight is 433 g/mol. The molecular weight excluding hydrogens is 388 g/mol. The van der Waals surface area contributed by atoms with E-state index in [1.54, 1.807) is 0 Å². The third-order valence-electron chi connectivity index (χ3n) is 10.8. The standard InChI is InChI=1S/C25H44N4O2/c1-16(28-29-22-26-13-4-14-27-22)19-9-12-25(31)21-6-5-17-15-18(30)7-10-23(17,2)20(21)8-11-24(19,25)3/h16-21,28,30-31H,4-15H2,1-3H3,(H2,26,27,29)/t16?,17?,18?,19-,20+,21-,23+,24-,25-/m1/s1. The van der Waals surface area contributed by atoms with Crippen LogP contribution in [-0.2, 0) is 0 Å². The number of nitrogens with zero attached hydrogens (tertiary/aromatic N) is 1. The second-order valence-corrected chi connectivity index (χ2v) is 12.0. The summed E-state index contributed by atoms with van der Waals surface area (Å²) in [6.07, 6.45) is 10.7. The molecule has 0 aromatic rings. The van der Waals surface area contributed by atoms with Gasteiger partial charge in [0.15, 0.2) is 0 Å². The fourth-order valence-electron chi connectivity index (χ4n) is 8.94. The normalized spacial score (nSPS) is 50.4. The van der Waals surface area contributed by atoms with Crippen LogP contribution in [0.3, 0.4) is 0 Å². The van der Waals surface area contributed by atoms with Crippen LogP contribution >= 0.6 is 0 Å². The van der Waals surface area contributed by atoms with Crippen molar-refractivity contribution in [2.45, 2.75) is 103 Å². The van der Waals surface area contributed by atoms with Crippen molar-refractivity contribution in [3.05, 3.63) is 0 Å². The van der Waals surface area contributed by atoms with E-state index in [-0.39, 0.29) is 17.6 Å². The van der Waals surface area contributed by atoms with Crippen molar-refractivity contribution in [3.63, 3.8) is 0 Å². The van der Waals surface area contributed by atoms with Crippen LogP contribution in [0.5, 0.6) is 0 Å². The van der Waals surface area contributed by atoms with Crippen LogP contribution in [0.2, 0.25) is 0 Å². The largest absolute Gasteiger partial charge is 0.393 e. The maximum atomic E-state index is 12.3. The molecule has 6 heteroatoms. The summed E-state index contributed by atoms with van der Waals surface area (Å²) in [5.74, 6) is 2.96. The van der Waals surface area contributed by atoms with E-state index in [1.165, 1.54) is 12.8 Å². The van der Waals surface area contributed by atoms with Crippen molar-refractivity contribution >= 4 is 5.96 Å². The van der Waals surface area contributed by atoms with Gasteiger partial charge in [0.05, 0.1) is 11.7 Å². The molecule has 0 radical (unpaired) electrons. The van der Waals surface area contributed by atoms with Gasteiger partial charge in [0.1, 0.15) is 0 Å². The zero-order chi connectivity index (χ0) is 21.9. The van der Waals surface area contributed by atoms with Gasteiger partial charge in [-0.25, -0.2) is 5.43 Å². The first-order chi connectivity index (χ1) is 14.8. The lowest BCUT2D eigenvalue weighted by molar-refractivity contribution is -0.211. The summed E-state index contributed by atoms with van der Waals surface area (Å²) in [5.41, 5.74) is 6.53. The van der Waals surface area contributed by atoms with Crippen molar-refractivity contribution in [3.8, 4) is 0 Å². The molecule has 5 N–H and O–H groups in total. The molecule has 0 aromatic carbocycles. The summed E-state index contributed by atoms with van der Waals surface area (Å²) in [6.45, 7) is 9.00. The summed E-state index contributed by atoms with van der Waals surface area (Å²) in [5, 5.41) is 25.9.